The first-order valence-electron chi connectivity index (χ1n) is 7.70. The fourth-order valence-corrected chi connectivity index (χ4v) is 2.05. The molecular formula is C22H22Ti. The fraction of sp³-hybridized carbons (Fsp3) is 0.0909. The third-order valence-electron chi connectivity index (χ3n) is 3.19. The van der Waals surface area contributed by atoms with Gasteiger partial charge in [0.25, 0.3) is 0 Å². The Hall–Kier alpha value is -1.89. The van der Waals surface area contributed by atoms with Crippen LogP contribution < -0.4 is 0 Å². The molecule has 0 unspecified atom stereocenters. The van der Waals surface area contributed by atoms with Crippen molar-refractivity contribution in [2.24, 2.45) is 0 Å². The van der Waals surface area contributed by atoms with Gasteiger partial charge in [0.05, 0.1) is 0 Å². The molecule has 0 amide bonds. The Kier molecular flexibility index (Phi) is 10.5. The standard InChI is InChI=1S/C12H10.2C5H6.Ti/c1-3-7-11(8-4-1)12-9-5-2-6-10-12;2*1-2-4-5-3-1;/h1-10H;2*1-4H,5H2;. The zero-order valence-electron chi connectivity index (χ0n) is 13.3. The summed E-state index contributed by atoms with van der Waals surface area (Å²) in [7, 11) is 0. The van der Waals surface area contributed by atoms with Crippen LogP contribution in [0.15, 0.2) is 109 Å². The summed E-state index contributed by atoms with van der Waals surface area (Å²) in [6.45, 7) is 0. The summed E-state index contributed by atoms with van der Waals surface area (Å²) < 4.78 is 0. The van der Waals surface area contributed by atoms with E-state index in [1.165, 1.54) is 11.1 Å². The van der Waals surface area contributed by atoms with Crippen LogP contribution in [0.4, 0.5) is 0 Å². The molecule has 23 heavy (non-hydrogen) atoms. The Morgan fingerprint density at radius 3 is 0.957 bits per heavy atom. The third-order valence-corrected chi connectivity index (χ3v) is 3.19. The van der Waals surface area contributed by atoms with E-state index in [2.05, 4.69) is 97.1 Å². The van der Waals surface area contributed by atoms with Crippen LogP contribution in [0.3, 0.4) is 0 Å². The average Bonchev–Trinajstić information content (AvgIpc) is 3.34. The van der Waals surface area contributed by atoms with Crippen molar-refractivity contribution in [3.63, 3.8) is 0 Å². The predicted octanol–water partition coefficient (Wildman–Crippen LogP) is 6.36. The first-order chi connectivity index (χ1) is 11.0. The van der Waals surface area contributed by atoms with E-state index >= 15 is 0 Å². The summed E-state index contributed by atoms with van der Waals surface area (Å²) in [5.41, 5.74) is 2.55. The van der Waals surface area contributed by atoms with Gasteiger partial charge in [0.1, 0.15) is 0 Å². The molecule has 0 atom stereocenters. The van der Waals surface area contributed by atoms with Crippen molar-refractivity contribution in [3.8, 4) is 11.1 Å². The molecule has 2 aromatic carbocycles. The van der Waals surface area contributed by atoms with Gasteiger partial charge in [-0.1, -0.05) is 109 Å². The summed E-state index contributed by atoms with van der Waals surface area (Å²) >= 11 is 0. The maximum Gasteiger partial charge on any atom is 0 e. The van der Waals surface area contributed by atoms with Crippen molar-refractivity contribution in [1.82, 2.24) is 0 Å². The number of allylic oxidation sites excluding steroid dienone is 8. The molecule has 0 aliphatic heterocycles. The molecular weight excluding hydrogens is 312 g/mol. The summed E-state index contributed by atoms with van der Waals surface area (Å²) in [5.74, 6) is 0. The van der Waals surface area contributed by atoms with Gasteiger partial charge in [-0.2, -0.15) is 0 Å². The van der Waals surface area contributed by atoms with E-state index in [0.29, 0.717) is 0 Å². The summed E-state index contributed by atoms with van der Waals surface area (Å²) in [5, 5.41) is 0. The number of benzene rings is 2. The number of rotatable bonds is 1. The van der Waals surface area contributed by atoms with Gasteiger partial charge in [0, 0.05) is 21.7 Å². The zero-order valence-corrected chi connectivity index (χ0v) is 14.9. The van der Waals surface area contributed by atoms with Gasteiger partial charge in [0.15, 0.2) is 0 Å². The van der Waals surface area contributed by atoms with Crippen LogP contribution in [0.1, 0.15) is 12.8 Å². The molecule has 0 aromatic heterocycles. The molecule has 4 rings (SSSR count). The van der Waals surface area contributed by atoms with Gasteiger partial charge in [-0.3, -0.25) is 0 Å². The summed E-state index contributed by atoms with van der Waals surface area (Å²) in [6, 6.07) is 20.8. The van der Waals surface area contributed by atoms with Gasteiger partial charge in [-0.05, 0) is 24.0 Å². The molecule has 0 heterocycles. The molecule has 2 aliphatic carbocycles. The van der Waals surface area contributed by atoms with Crippen LogP contribution in [0.25, 0.3) is 11.1 Å². The average molecular weight is 334 g/mol. The number of hydrogen-bond donors (Lipinski definition) is 0. The molecule has 0 radical (unpaired) electrons. The Labute approximate surface area is 154 Å². The van der Waals surface area contributed by atoms with Gasteiger partial charge < -0.3 is 0 Å². The van der Waals surface area contributed by atoms with Crippen molar-refractivity contribution >= 4 is 0 Å². The van der Waals surface area contributed by atoms with Crippen molar-refractivity contribution in [2.45, 2.75) is 12.8 Å². The second-order valence-corrected chi connectivity index (χ2v) is 4.92. The fourth-order valence-electron chi connectivity index (χ4n) is 2.05. The molecule has 2 aromatic rings. The van der Waals surface area contributed by atoms with Crippen LogP contribution >= 0.6 is 0 Å². The van der Waals surface area contributed by atoms with Crippen LogP contribution in [0.5, 0.6) is 0 Å². The molecule has 0 fully saturated rings. The molecule has 0 N–H and O–H groups in total. The number of hydrogen-bond acceptors (Lipinski definition) is 0. The van der Waals surface area contributed by atoms with E-state index in [0.717, 1.165) is 12.8 Å². The monoisotopic (exact) mass is 334 g/mol. The molecule has 2 aliphatic rings. The minimum Gasteiger partial charge on any atom is -0.0808 e. The topological polar surface area (TPSA) is 0 Å². The second kappa shape index (κ2) is 12.6. The van der Waals surface area contributed by atoms with E-state index in [-0.39, 0.29) is 21.7 Å². The SMILES string of the molecule is C1=CCC=C1.C1=CCC=C1.[Ti].c1ccc(-c2ccccc2)cc1. The van der Waals surface area contributed by atoms with Crippen LogP contribution in [0, 0.1) is 0 Å². The molecule has 114 valence electrons. The minimum atomic E-state index is 0. The van der Waals surface area contributed by atoms with Crippen molar-refractivity contribution in [2.75, 3.05) is 0 Å². The summed E-state index contributed by atoms with van der Waals surface area (Å²) in [6.07, 6.45) is 19.0. The molecule has 0 spiro atoms. The molecule has 1 heteroatoms. The quantitative estimate of drug-likeness (QED) is 0.533. The van der Waals surface area contributed by atoms with Gasteiger partial charge in [0.2, 0.25) is 0 Å². The van der Waals surface area contributed by atoms with E-state index < -0.39 is 0 Å². The maximum atomic E-state index is 2.12. The summed E-state index contributed by atoms with van der Waals surface area (Å²) in [4.78, 5) is 0. The van der Waals surface area contributed by atoms with Gasteiger partial charge >= 0.3 is 0 Å². The van der Waals surface area contributed by atoms with E-state index in [9.17, 15) is 0 Å². The molecule has 0 nitrogen and oxygen atoms in total. The second-order valence-electron chi connectivity index (χ2n) is 4.92. The maximum absolute atomic E-state index is 2.12. The molecule has 0 saturated heterocycles. The third kappa shape index (κ3) is 8.35. The zero-order chi connectivity index (χ0) is 15.3. The first-order valence-corrected chi connectivity index (χ1v) is 7.70. The van der Waals surface area contributed by atoms with E-state index in [4.69, 9.17) is 0 Å². The smallest absolute Gasteiger partial charge is 0 e. The Morgan fingerprint density at radius 2 is 0.739 bits per heavy atom. The van der Waals surface area contributed by atoms with E-state index in [1.807, 2.05) is 12.1 Å². The largest absolute Gasteiger partial charge is 0.0808 e. The minimum absolute atomic E-state index is 0. The van der Waals surface area contributed by atoms with Crippen LogP contribution in [0.2, 0.25) is 0 Å². The molecule has 0 bridgehead atoms. The Bertz CT molecular complexity index is 555. The predicted molar refractivity (Wildman–Crippen MR) is 97.7 cm³/mol. The Balaban J connectivity index is 0.000000200. The van der Waals surface area contributed by atoms with Crippen molar-refractivity contribution in [1.29, 1.82) is 0 Å². The first kappa shape index (κ1) is 19.2. The van der Waals surface area contributed by atoms with Crippen LogP contribution in [-0.4, -0.2) is 0 Å². The van der Waals surface area contributed by atoms with E-state index in [1.54, 1.807) is 0 Å². The van der Waals surface area contributed by atoms with Gasteiger partial charge in [-0.15, -0.1) is 0 Å². The van der Waals surface area contributed by atoms with Crippen LogP contribution in [-0.2, 0) is 21.7 Å². The van der Waals surface area contributed by atoms with Crippen molar-refractivity contribution in [3.05, 3.63) is 109 Å². The molecule has 0 saturated carbocycles. The Morgan fingerprint density at radius 1 is 0.435 bits per heavy atom. The normalized spacial score (nSPS) is 12.7. The van der Waals surface area contributed by atoms with Gasteiger partial charge in [-0.25, -0.2) is 0 Å². The van der Waals surface area contributed by atoms with Crippen molar-refractivity contribution < 1.29 is 21.7 Å².